The Bertz CT molecular complexity index is 479. The highest BCUT2D eigenvalue weighted by molar-refractivity contribution is 5.53. The van der Waals surface area contributed by atoms with Crippen molar-refractivity contribution in [2.75, 3.05) is 0 Å². The third-order valence-corrected chi connectivity index (χ3v) is 1.76. The molecule has 1 aromatic carbocycles. The van der Waals surface area contributed by atoms with Crippen LogP contribution in [0.15, 0.2) is 18.2 Å². The first kappa shape index (κ1) is 12.8. The fourth-order valence-electron chi connectivity index (χ4n) is 1.21. The number of nitro groups is 1. The van der Waals surface area contributed by atoms with Crippen molar-refractivity contribution in [2.24, 2.45) is 0 Å². The maximum atomic E-state index is 12.0. The molecule has 1 aromatic rings. The quantitative estimate of drug-likeness (QED) is 0.606. The summed E-state index contributed by atoms with van der Waals surface area (Å²) in [5.74, 6) is -0.921. The second-order valence-corrected chi connectivity index (χ2v) is 2.90. The molecular formula is C9H5F3N2O3. The van der Waals surface area contributed by atoms with Crippen LogP contribution < -0.4 is 4.74 Å². The van der Waals surface area contributed by atoms with Crippen LogP contribution in [0, 0.1) is 21.4 Å². The van der Waals surface area contributed by atoms with Gasteiger partial charge < -0.3 is 4.74 Å². The monoisotopic (exact) mass is 246 g/mol. The largest absolute Gasteiger partial charge is 0.573 e. The number of hydrogen-bond donors (Lipinski definition) is 0. The van der Waals surface area contributed by atoms with Gasteiger partial charge in [-0.3, -0.25) is 10.1 Å². The van der Waals surface area contributed by atoms with Crippen LogP contribution in [0.5, 0.6) is 5.75 Å². The van der Waals surface area contributed by atoms with Crippen molar-refractivity contribution >= 4 is 5.69 Å². The lowest BCUT2D eigenvalue weighted by Gasteiger charge is -2.10. The summed E-state index contributed by atoms with van der Waals surface area (Å²) in [5.41, 5.74) is -0.967. The molecule has 0 saturated heterocycles. The van der Waals surface area contributed by atoms with Gasteiger partial charge in [-0.15, -0.1) is 13.2 Å². The minimum absolute atomic E-state index is 0.126. The molecule has 0 heterocycles. The lowest BCUT2D eigenvalue weighted by molar-refractivity contribution is -0.389. The van der Waals surface area contributed by atoms with Crippen LogP contribution >= 0.6 is 0 Å². The number of rotatable bonds is 3. The van der Waals surface area contributed by atoms with Crippen molar-refractivity contribution in [1.82, 2.24) is 0 Å². The van der Waals surface area contributed by atoms with E-state index in [1.807, 2.05) is 0 Å². The van der Waals surface area contributed by atoms with E-state index >= 15 is 0 Å². The third-order valence-electron chi connectivity index (χ3n) is 1.76. The van der Waals surface area contributed by atoms with Crippen molar-refractivity contribution in [3.05, 3.63) is 33.9 Å². The molecule has 0 spiro atoms. The summed E-state index contributed by atoms with van der Waals surface area (Å²) in [4.78, 5) is 9.65. The van der Waals surface area contributed by atoms with E-state index in [1.165, 1.54) is 6.07 Å². The fourth-order valence-corrected chi connectivity index (χ4v) is 1.21. The summed E-state index contributed by atoms with van der Waals surface area (Å²) in [5, 5.41) is 19.1. The molecule has 0 unspecified atom stereocenters. The van der Waals surface area contributed by atoms with Crippen LogP contribution in [0.2, 0.25) is 0 Å². The van der Waals surface area contributed by atoms with Gasteiger partial charge in [-0.1, -0.05) is 12.1 Å². The number of alkyl halides is 3. The molecule has 0 aliphatic rings. The van der Waals surface area contributed by atoms with E-state index in [-0.39, 0.29) is 12.0 Å². The maximum Gasteiger partial charge on any atom is 0.573 e. The molecule has 0 aromatic heterocycles. The van der Waals surface area contributed by atoms with Crippen LogP contribution in [0.4, 0.5) is 18.9 Å². The summed E-state index contributed by atoms with van der Waals surface area (Å²) in [7, 11) is 0. The van der Waals surface area contributed by atoms with Gasteiger partial charge in [0.15, 0.2) is 0 Å². The number of halogens is 3. The molecule has 0 aliphatic heterocycles. The van der Waals surface area contributed by atoms with Crippen LogP contribution in [0.25, 0.3) is 0 Å². The first-order chi connectivity index (χ1) is 7.85. The zero-order valence-corrected chi connectivity index (χ0v) is 8.19. The van der Waals surface area contributed by atoms with Crippen LogP contribution in [0.3, 0.4) is 0 Å². The number of benzene rings is 1. The highest BCUT2D eigenvalue weighted by atomic mass is 19.4. The molecule has 0 fully saturated rings. The van der Waals surface area contributed by atoms with Gasteiger partial charge in [0.1, 0.15) is 0 Å². The van der Waals surface area contributed by atoms with Gasteiger partial charge in [-0.25, -0.2) is 0 Å². The Balaban J connectivity index is 3.26. The SMILES string of the molecule is N#CCc1cccc(OC(F)(F)F)c1[N+](=O)[O-]. The van der Waals surface area contributed by atoms with E-state index in [0.29, 0.717) is 0 Å². The van der Waals surface area contributed by atoms with E-state index in [4.69, 9.17) is 5.26 Å². The van der Waals surface area contributed by atoms with Gasteiger partial charge in [0, 0.05) is 5.56 Å². The standard InChI is InChI=1S/C9H5F3N2O3/c10-9(11,12)17-7-3-1-2-6(4-5-13)8(7)14(15)16/h1-3H,4H2. The minimum atomic E-state index is -5.02. The minimum Gasteiger partial charge on any atom is -0.398 e. The Labute approximate surface area is 93.2 Å². The second-order valence-electron chi connectivity index (χ2n) is 2.90. The molecule has 0 aliphatic carbocycles. The number of hydrogen-bond acceptors (Lipinski definition) is 4. The van der Waals surface area contributed by atoms with Crippen molar-refractivity contribution in [2.45, 2.75) is 12.8 Å². The zero-order valence-electron chi connectivity index (χ0n) is 8.19. The fraction of sp³-hybridized carbons (Fsp3) is 0.222. The normalized spacial score (nSPS) is 10.7. The molecule has 0 atom stereocenters. The van der Waals surface area contributed by atoms with Gasteiger partial charge in [0.2, 0.25) is 5.75 Å². The maximum absolute atomic E-state index is 12.0. The van der Waals surface area contributed by atoms with E-state index in [1.54, 1.807) is 6.07 Å². The zero-order chi connectivity index (χ0) is 13.1. The van der Waals surface area contributed by atoms with Gasteiger partial charge in [0.05, 0.1) is 17.4 Å². The van der Waals surface area contributed by atoms with Crippen LogP contribution in [-0.2, 0) is 6.42 Å². The first-order valence-corrected chi connectivity index (χ1v) is 4.24. The Kier molecular flexibility index (Phi) is 3.52. The summed E-state index contributed by atoms with van der Waals surface area (Å²) >= 11 is 0. The van der Waals surface area contributed by atoms with Crippen molar-refractivity contribution in [1.29, 1.82) is 5.26 Å². The lowest BCUT2D eigenvalue weighted by Crippen LogP contribution is -2.18. The number of nitrogens with zero attached hydrogens (tertiary/aromatic N) is 2. The molecule has 0 bridgehead atoms. The summed E-state index contributed by atoms with van der Waals surface area (Å²) in [6, 6.07) is 4.81. The molecule has 0 amide bonds. The Morgan fingerprint density at radius 2 is 2.12 bits per heavy atom. The summed E-state index contributed by atoms with van der Waals surface area (Å²) in [6.45, 7) is 0. The first-order valence-electron chi connectivity index (χ1n) is 4.24. The van der Waals surface area contributed by atoms with Crippen molar-refractivity contribution in [3.63, 3.8) is 0 Å². The summed E-state index contributed by atoms with van der Waals surface area (Å²) in [6.07, 6.45) is -5.39. The molecule has 0 N–H and O–H groups in total. The Hall–Kier alpha value is -2.30. The number of para-hydroxylation sites is 1. The van der Waals surface area contributed by atoms with Gasteiger partial charge in [-0.2, -0.15) is 5.26 Å². The van der Waals surface area contributed by atoms with E-state index in [0.717, 1.165) is 12.1 Å². The number of nitro benzene ring substituents is 1. The summed E-state index contributed by atoms with van der Waals surface area (Å²) < 4.78 is 39.5. The third kappa shape index (κ3) is 3.34. The van der Waals surface area contributed by atoms with Gasteiger partial charge >= 0.3 is 12.0 Å². The molecule has 1 rings (SSSR count). The van der Waals surface area contributed by atoms with E-state index in [2.05, 4.69) is 4.74 Å². The van der Waals surface area contributed by atoms with Gasteiger partial charge in [0.25, 0.3) is 0 Å². The Morgan fingerprint density at radius 3 is 2.59 bits per heavy atom. The van der Waals surface area contributed by atoms with E-state index < -0.39 is 22.7 Å². The molecular weight excluding hydrogens is 241 g/mol. The van der Waals surface area contributed by atoms with Crippen molar-refractivity contribution in [3.8, 4) is 11.8 Å². The van der Waals surface area contributed by atoms with Gasteiger partial charge in [-0.05, 0) is 6.07 Å². The topological polar surface area (TPSA) is 76.2 Å². The molecule has 17 heavy (non-hydrogen) atoms. The highest BCUT2D eigenvalue weighted by Crippen LogP contribution is 2.34. The lowest BCUT2D eigenvalue weighted by atomic mass is 10.1. The number of ether oxygens (including phenoxy) is 1. The van der Waals surface area contributed by atoms with Crippen LogP contribution in [0.1, 0.15) is 5.56 Å². The van der Waals surface area contributed by atoms with Crippen molar-refractivity contribution < 1.29 is 22.8 Å². The molecule has 8 heteroatoms. The molecule has 90 valence electrons. The smallest absolute Gasteiger partial charge is 0.398 e. The van der Waals surface area contributed by atoms with E-state index in [9.17, 15) is 23.3 Å². The Morgan fingerprint density at radius 1 is 1.47 bits per heavy atom. The number of nitriles is 1. The predicted molar refractivity (Wildman–Crippen MR) is 49.1 cm³/mol. The molecule has 0 saturated carbocycles. The highest BCUT2D eigenvalue weighted by Gasteiger charge is 2.35. The average Bonchev–Trinajstić information content (AvgIpc) is 2.15. The second kappa shape index (κ2) is 4.69. The molecule has 5 nitrogen and oxygen atoms in total. The average molecular weight is 246 g/mol. The van der Waals surface area contributed by atoms with Crippen LogP contribution in [-0.4, -0.2) is 11.3 Å². The predicted octanol–water partition coefficient (Wildman–Crippen LogP) is 2.56. The molecule has 0 radical (unpaired) electrons.